The monoisotopic (exact) mass is 380 g/mol. The molecule has 0 aromatic carbocycles. The first kappa shape index (κ1) is 20.8. The fourth-order valence-electron chi connectivity index (χ4n) is 4.61. The lowest BCUT2D eigenvalue weighted by Gasteiger charge is -2.27. The van der Waals surface area contributed by atoms with Crippen LogP contribution in [0.2, 0.25) is 0 Å². The second-order valence-corrected chi connectivity index (χ2v) is 8.34. The van der Waals surface area contributed by atoms with Gasteiger partial charge >= 0.3 is 5.97 Å². The highest BCUT2D eigenvalue weighted by Crippen LogP contribution is 2.42. The SMILES string of the molecule is CCCCCCC[C@H](C=C[C@@H]1[C@H]2CC(=O)O[C@H]2C[C@H]1O)OC1CCCCO1. The van der Waals surface area contributed by atoms with Gasteiger partial charge in [0.15, 0.2) is 6.29 Å². The molecule has 3 rings (SSSR count). The highest BCUT2D eigenvalue weighted by molar-refractivity contribution is 5.72. The molecular weight excluding hydrogens is 344 g/mol. The molecule has 3 fully saturated rings. The lowest BCUT2D eigenvalue weighted by molar-refractivity contribution is -0.179. The minimum absolute atomic E-state index is 0.0130. The molecule has 0 spiro atoms. The normalized spacial score (nSPS) is 34.7. The highest BCUT2D eigenvalue weighted by Gasteiger charge is 2.48. The van der Waals surface area contributed by atoms with Crippen molar-refractivity contribution in [2.24, 2.45) is 11.8 Å². The lowest BCUT2D eigenvalue weighted by atomic mass is 9.91. The summed E-state index contributed by atoms with van der Waals surface area (Å²) in [5, 5.41) is 10.4. The van der Waals surface area contributed by atoms with E-state index in [0.717, 1.165) is 38.7 Å². The zero-order valence-electron chi connectivity index (χ0n) is 16.7. The van der Waals surface area contributed by atoms with E-state index < -0.39 is 6.10 Å². The molecule has 3 aliphatic rings. The van der Waals surface area contributed by atoms with Gasteiger partial charge in [0.2, 0.25) is 0 Å². The maximum absolute atomic E-state index is 11.6. The van der Waals surface area contributed by atoms with Crippen molar-refractivity contribution in [1.82, 2.24) is 0 Å². The fourth-order valence-corrected chi connectivity index (χ4v) is 4.61. The van der Waals surface area contributed by atoms with Gasteiger partial charge in [-0.3, -0.25) is 4.79 Å². The molecule has 0 aromatic heterocycles. The number of fused-ring (bicyclic) bond motifs is 1. The van der Waals surface area contributed by atoms with Crippen molar-refractivity contribution in [2.45, 2.75) is 102 Å². The summed E-state index contributed by atoms with van der Waals surface area (Å²) in [6.45, 7) is 3.01. The molecule has 1 saturated carbocycles. The minimum Gasteiger partial charge on any atom is -0.462 e. The number of aliphatic hydroxyl groups excluding tert-OH is 1. The van der Waals surface area contributed by atoms with E-state index in [1.54, 1.807) is 0 Å². The van der Waals surface area contributed by atoms with Gasteiger partial charge in [0, 0.05) is 24.9 Å². The summed E-state index contributed by atoms with van der Waals surface area (Å²) in [6.07, 6.45) is 14.9. The number of esters is 1. The van der Waals surface area contributed by atoms with E-state index in [9.17, 15) is 9.90 Å². The van der Waals surface area contributed by atoms with E-state index >= 15 is 0 Å². The first-order valence-corrected chi connectivity index (χ1v) is 11.0. The van der Waals surface area contributed by atoms with Gasteiger partial charge in [0.1, 0.15) is 6.10 Å². The molecule has 154 valence electrons. The molecule has 0 bridgehead atoms. The van der Waals surface area contributed by atoms with Crippen LogP contribution >= 0.6 is 0 Å². The van der Waals surface area contributed by atoms with Crippen LogP contribution in [0.1, 0.15) is 77.6 Å². The average Bonchev–Trinajstić information content (AvgIpc) is 3.15. The maximum atomic E-state index is 11.6. The van der Waals surface area contributed by atoms with E-state index in [1.165, 1.54) is 25.7 Å². The number of unbranched alkanes of at least 4 members (excludes halogenated alkanes) is 4. The van der Waals surface area contributed by atoms with E-state index in [2.05, 4.69) is 19.1 Å². The Balaban J connectivity index is 1.55. The van der Waals surface area contributed by atoms with Gasteiger partial charge in [-0.25, -0.2) is 0 Å². The molecule has 1 N–H and O–H groups in total. The Bertz CT molecular complexity index is 485. The van der Waals surface area contributed by atoms with Gasteiger partial charge in [-0.05, 0) is 25.7 Å². The van der Waals surface area contributed by atoms with Crippen molar-refractivity contribution in [3.8, 4) is 0 Å². The molecule has 0 radical (unpaired) electrons. The molecule has 1 aliphatic carbocycles. The zero-order valence-corrected chi connectivity index (χ0v) is 16.7. The molecule has 2 aliphatic heterocycles. The van der Waals surface area contributed by atoms with Crippen molar-refractivity contribution in [1.29, 1.82) is 0 Å². The Morgan fingerprint density at radius 1 is 1.26 bits per heavy atom. The molecule has 1 unspecified atom stereocenters. The Morgan fingerprint density at radius 2 is 2.11 bits per heavy atom. The smallest absolute Gasteiger partial charge is 0.306 e. The van der Waals surface area contributed by atoms with E-state index in [-0.39, 0.29) is 36.3 Å². The second kappa shape index (κ2) is 10.6. The number of rotatable bonds is 10. The van der Waals surface area contributed by atoms with E-state index in [4.69, 9.17) is 14.2 Å². The van der Waals surface area contributed by atoms with Gasteiger partial charge in [0.25, 0.3) is 0 Å². The fraction of sp³-hybridized carbons (Fsp3) is 0.864. The van der Waals surface area contributed by atoms with Crippen LogP contribution in [0, 0.1) is 11.8 Å². The maximum Gasteiger partial charge on any atom is 0.306 e. The Hall–Kier alpha value is -0.910. The van der Waals surface area contributed by atoms with Crippen LogP contribution in [0.25, 0.3) is 0 Å². The third-order valence-corrected chi connectivity index (χ3v) is 6.18. The standard InChI is InChI=1S/C22H36O5/c1-2-3-4-5-6-9-16(26-22-10-7-8-13-25-22)11-12-17-18-14-21(24)27-20(18)15-19(17)23/h11-12,16-20,22-23H,2-10,13-15H2,1H3/t16-,17-,18-,19-,20+,22?/m1/s1. The second-order valence-electron chi connectivity index (χ2n) is 8.34. The number of aliphatic hydroxyl groups is 1. The molecule has 0 amide bonds. The van der Waals surface area contributed by atoms with Crippen molar-refractivity contribution in [3.63, 3.8) is 0 Å². The summed E-state index contributed by atoms with van der Waals surface area (Å²) in [7, 11) is 0. The predicted molar refractivity (Wildman–Crippen MR) is 103 cm³/mol. The Kier molecular flexibility index (Phi) is 8.16. The molecule has 5 nitrogen and oxygen atoms in total. The van der Waals surface area contributed by atoms with Crippen LogP contribution in [0.15, 0.2) is 12.2 Å². The first-order valence-electron chi connectivity index (χ1n) is 11.0. The Labute approximate surface area is 163 Å². The van der Waals surface area contributed by atoms with Crippen molar-refractivity contribution in [2.75, 3.05) is 6.61 Å². The van der Waals surface area contributed by atoms with Crippen LogP contribution in [0.4, 0.5) is 0 Å². The van der Waals surface area contributed by atoms with Crippen LogP contribution in [-0.2, 0) is 19.0 Å². The van der Waals surface area contributed by atoms with Crippen LogP contribution in [0.5, 0.6) is 0 Å². The number of carbonyl (C=O) groups excluding carboxylic acids is 1. The largest absolute Gasteiger partial charge is 0.462 e. The summed E-state index contributed by atoms with van der Waals surface area (Å²) in [5.74, 6) is -0.0329. The zero-order chi connectivity index (χ0) is 19.1. The van der Waals surface area contributed by atoms with Gasteiger partial charge < -0.3 is 19.3 Å². The summed E-state index contributed by atoms with van der Waals surface area (Å²) >= 11 is 0. The van der Waals surface area contributed by atoms with Crippen molar-refractivity contribution in [3.05, 3.63) is 12.2 Å². The lowest BCUT2D eigenvalue weighted by Crippen LogP contribution is -2.27. The molecule has 2 heterocycles. The average molecular weight is 381 g/mol. The topological polar surface area (TPSA) is 65.0 Å². The molecule has 0 aromatic rings. The number of carbonyl (C=O) groups is 1. The summed E-state index contributed by atoms with van der Waals surface area (Å²) in [6, 6.07) is 0. The van der Waals surface area contributed by atoms with Gasteiger partial charge in [-0.2, -0.15) is 0 Å². The van der Waals surface area contributed by atoms with Crippen LogP contribution < -0.4 is 0 Å². The predicted octanol–water partition coefficient (Wildman–Crippen LogP) is 4.13. The van der Waals surface area contributed by atoms with Gasteiger partial charge in [0.05, 0.1) is 18.6 Å². The van der Waals surface area contributed by atoms with Gasteiger partial charge in [-0.15, -0.1) is 0 Å². The summed E-state index contributed by atoms with van der Waals surface area (Å²) < 4.78 is 17.3. The van der Waals surface area contributed by atoms with Gasteiger partial charge in [-0.1, -0.05) is 51.2 Å². The highest BCUT2D eigenvalue weighted by atomic mass is 16.7. The quantitative estimate of drug-likeness (QED) is 0.351. The van der Waals surface area contributed by atoms with Crippen molar-refractivity contribution >= 4 is 5.97 Å². The third-order valence-electron chi connectivity index (χ3n) is 6.18. The van der Waals surface area contributed by atoms with E-state index in [1.807, 2.05) is 0 Å². The third kappa shape index (κ3) is 6.03. The minimum atomic E-state index is -0.430. The van der Waals surface area contributed by atoms with Crippen LogP contribution in [0.3, 0.4) is 0 Å². The molecule has 2 saturated heterocycles. The Morgan fingerprint density at radius 3 is 2.89 bits per heavy atom. The molecular formula is C22H36O5. The number of ether oxygens (including phenoxy) is 3. The molecule has 6 atom stereocenters. The number of hydrogen-bond donors (Lipinski definition) is 1. The summed E-state index contributed by atoms with van der Waals surface area (Å²) in [4.78, 5) is 11.6. The van der Waals surface area contributed by atoms with Crippen LogP contribution in [-0.4, -0.2) is 42.3 Å². The number of hydrogen-bond acceptors (Lipinski definition) is 5. The van der Waals surface area contributed by atoms with Crippen molar-refractivity contribution < 1.29 is 24.1 Å². The molecule has 5 heteroatoms. The molecule has 27 heavy (non-hydrogen) atoms. The first-order chi connectivity index (χ1) is 13.2. The van der Waals surface area contributed by atoms with E-state index in [0.29, 0.717) is 12.8 Å². The summed E-state index contributed by atoms with van der Waals surface area (Å²) in [5.41, 5.74) is 0.